The highest BCUT2D eigenvalue weighted by Crippen LogP contribution is 2.28. The minimum atomic E-state index is 0.727. The molecule has 0 atom stereocenters. The molecule has 0 bridgehead atoms. The number of hydrogen-bond donors (Lipinski definition) is 1. The summed E-state index contributed by atoms with van der Waals surface area (Å²) >= 11 is 1.84. The number of benzene rings is 1. The van der Waals surface area contributed by atoms with Crippen molar-refractivity contribution in [3.05, 3.63) is 46.0 Å². The monoisotopic (exact) mass is 354 g/mol. The predicted octanol–water partition coefficient (Wildman–Crippen LogP) is 4.04. The van der Waals surface area contributed by atoms with E-state index < -0.39 is 0 Å². The maximum absolute atomic E-state index is 5.22. The summed E-state index contributed by atoms with van der Waals surface area (Å²) in [4.78, 5) is 10.8. The Bertz CT molecular complexity index is 843. The van der Waals surface area contributed by atoms with Crippen LogP contribution in [0.4, 0.5) is 5.95 Å². The molecule has 4 rings (SSSR count). The summed E-state index contributed by atoms with van der Waals surface area (Å²) in [5.41, 5.74) is 3.50. The number of nitrogens with zero attached hydrogens (tertiary/aromatic N) is 3. The molecule has 5 nitrogen and oxygen atoms in total. The number of nitrogens with one attached hydrogen (secondary N) is 1. The fourth-order valence-electron chi connectivity index (χ4n) is 3.24. The van der Waals surface area contributed by atoms with Crippen molar-refractivity contribution in [1.82, 2.24) is 14.5 Å². The largest absolute Gasteiger partial charge is 0.497 e. The first kappa shape index (κ1) is 16.1. The van der Waals surface area contributed by atoms with E-state index in [-0.39, 0.29) is 0 Å². The average Bonchev–Trinajstić information content (AvgIpc) is 3.23. The van der Waals surface area contributed by atoms with Crippen molar-refractivity contribution >= 4 is 17.3 Å². The Balaban J connectivity index is 1.48. The van der Waals surface area contributed by atoms with Gasteiger partial charge in [0.25, 0.3) is 0 Å². The maximum atomic E-state index is 5.22. The number of hydrogen-bond acceptors (Lipinski definition) is 5. The van der Waals surface area contributed by atoms with Gasteiger partial charge in [0.15, 0.2) is 0 Å². The number of methoxy groups -OCH3 is 1. The van der Waals surface area contributed by atoms with Crippen LogP contribution in [0.1, 0.15) is 28.4 Å². The van der Waals surface area contributed by atoms with Crippen LogP contribution in [-0.4, -0.2) is 21.6 Å². The number of fused-ring (bicyclic) bond motifs is 1. The highest BCUT2D eigenvalue weighted by atomic mass is 32.1. The van der Waals surface area contributed by atoms with E-state index in [0.717, 1.165) is 40.9 Å². The lowest BCUT2D eigenvalue weighted by Crippen LogP contribution is -2.05. The first-order chi connectivity index (χ1) is 12.2. The summed E-state index contributed by atoms with van der Waals surface area (Å²) in [6.07, 6.45) is 6.80. The lowest BCUT2D eigenvalue weighted by molar-refractivity contribution is 0.415. The minimum Gasteiger partial charge on any atom is -0.497 e. The minimum absolute atomic E-state index is 0.727. The highest BCUT2D eigenvalue weighted by molar-refractivity contribution is 7.11. The van der Waals surface area contributed by atoms with Gasteiger partial charge in [0.1, 0.15) is 10.8 Å². The molecule has 1 aliphatic rings. The smallest absolute Gasteiger partial charge is 0.203 e. The van der Waals surface area contributed by atoms with Gasteiger partial charge in [0.05, 0.1) is 31.2 Å². The van der Waals surface area contributed by atoms with Gasteiger partial charge >= 0.3 is 0 Å². The molecule has 3 aromatic rings. The Hall–Kier alpha value is -2.34. The zero-order valence-corrected chi connectivity index (χ0v) is 15.4. The van der Waals surface area contributed by atoms with Crippen molar-refractivity contribution in [3.8, 4) is 17.0 Å². The molecule has 25 heavy (non-hydrogen) atoms. The van der Waals surface area contributed by atoms with Crippen LogP contribution in [0.25, 0.3) is 11.3 Å². The van der Waals surface area contributed by atoms with Crippen LogP contribution in [-0.2, 0) is 26.4 Å². The van der Waals surface area contributed by atoms with Gasteiger partial charge in [-0.3, -0.25) is 0 Å². The van der Waals surface area contributed by atoms with Gasteiger partial charge in [-0.05, 0) is 49.9 Å². The lowest BCUT2D eigenvalue weighted by atomic mass is 10.0. The van der Waals surface area contributed by atoms with E-state index in [2.05, 4.69) is 27.0 Å². The lowest BCUT2D eigenvalue weighted by Gasteiger charge is -2.08. The fraction of sp³-hybridized carbons (Fsp3) is 0.368. The van der Waals surface area contributed by atoms with E-state index >= 15 is 0 Å². The number of anilines is 1. The maximum Gasteiger partial charge on any atom is 0.203 e. The molecule has 0 amide bonds. The van der Waals surface area contributed by atoms with Gasteiger partial charge in [-0.1, -0.05) is 0 Å². The normalized spacial score (nSPS) is 13.5. The SMILES string of the molecule is COc1ccc(-c2cnc(NCc3nc4c(s3)CCCC4)n2C)cc1. The Morgan fingerprint density at radius 3 is 2.76 bits per heavy atom. The van der Waals surface area contributed by atoms with Crippen LogP contribution >= 0.6 is 11.3 Å². The summed E-state index contributed by atoms with van der Waals surface area (Å²) in [7, 11) is 3.71. The Morgan fingerprint density at radius 1 is 1.20 bits per heavy atom. The molecular weight excluding hydrogens is 332 g/mol. The first-order valence-corrected chi connectivity index (χ1v) is 9.43. The quantitative estimate of drug-likeness (QED) is 0.751. The van der Waals surface area contributed by atoms with Crippen LogP contribution < -0.4 is 10.1 Å². The van der Waals surface area contributed by atoms with Gasteiger partial charge < -0.3 is 14.6 Å². The molecule has 0 fully saturated rings. The summed E-state index contributed by atoms with van der Waals surface area (Å²) in [5, 5.41) is 4.58. The molecule has 1 aromatic carbocycles. The second-order valence-electron chi connectivity index (χ2n) is 6.29. The molecular formula is C19H22N4OS. The summed E-state index contributed by atoms with van der Waals surface area (Å²) < 4.78 is 7.30. The van der Waals surface area contributed by atoms with Crippen molar-refractivity contribution in [3.63, 3.8) is 0 Å². The van der Waals surface area contributed by atoms with E-state index in [1.807, 2.05) is 36.7 Å². The molecule has 1 N–H and O–H groups in total. The molecule has 0 spiro atoms. The van der Waals surface area contributed by atoms with E-state index in [0.29, 0.717) is 0 Å². The van der Waals surface area contributed by atoms with E-state index in [4.69, 9.17) is 9.72 Å². The topological polar surface area (TPSA) is 52.0 Å². The van der Waals surface area contributed by atoms with Crippen molar-refractivity contribution in [2.75, 3.05) is 12.4 Å². The van der Waals surface area contributed by atoms with Crippen LogP contribution in [0, 0.1) is 0 Å². The zero-order valence-electron chi connectivity index (χ0n) is 14.6. The van der Waals surface area contributed by atoms with Crippen LogP contribution in [0.3, 0.4) is 0 Å². The Labute approximate surface area is 151 Å². The third-order valence-electron chi connectivity index (χ3n) is 4.66. The molecule has 0 aliphatic heterocycles. The molecule has 2 heterocycles. The molecule has 2 aromatic heterocycles. The van der Waals surface area contributed by atoms with E-state index in [1.54, 1.807) is 7.11 Å². The zero-order chi connectivity index (χ0) is 17.2. The molecule has 1 aliphatic carbocycles. The first-order valence-electron chi connectivity index (χ1n) is 8.62. The highest BCUT2D eigenvalue weighted by Gasteiger charge is 2.15. The molecule has 6 heteroatoms. The van der Waals surface area contributed by atoms with Gasteiger partial charge in [0.2, 0.25) is 5.95 Å². The molecule has 0 saturated heterocycles. The molecule has 0 unspecified atom stereocenters. The Morgan fingerprint density at radius 2 is 2.00 bits per heavy atom. The number of aromatic nitrogens is 3. The van der Waals surface area contributed by atoms with Crippen molar-refractivity contribution in [2.24, 2.45) is 7.05 Å². The standard InChI is InChI=1S/C19H22N4OS/c1-23-16(13-7-9-14(24-2)10-8-13)11-20-19(23)21-12-18-22-15-5-3-4-6-17(15)25-18/h7-11H,3-6,12H2,1-2H3,(H,20,21). The van der Waals surface area contributed by atoms with E-state index in [1.165, 1.54) is 29.8 Å². The van der Waals surface area contributed by atoms with Gasteiger partial charge in [-0.15, -0.1) is 11.3 Å². The Kier molecular flexibility index (Phi) is 4.44. The number of imidazole rings is 1. The average molecular weight is 354 g/mol. The van der Waals surface area contributed by atoms with Crippen LogP contribution in [0.2, 0.25) is 0 Å². The third-order valence-corrected chi connectivity index (χ3v) is 5.82. The van der Waals surface area contributed by atoms with Crippen molar-refractivity contribution < 1.29 is 4.74 Å². The second kappa shape index (κ2) is 6.88. The van der Waals surface area contributed by atoms with Crippen LogP contribution in [0.5, 0.6) is 5.75 Å². The van der Waals surface area contributed by atoms with Gasteiger partial charge in [0, 0.05) is 17.5 Å². The number of thiazole rings is 1. The van der Waals surface area contributed by atoms with Crippen molar-refractivity contribution in [2.45, 2.75) is 32.2 Å². The number of rotatable bonds is 5. The molecule has 130 valence electrons. The fourth-order valence-corrected chi connectivity index (χ4v) is 4.34. The second-order valence-corrected chi connectivity index (χ2v) is 7.46. The van der Waals surface area contributed by atoms with Gasteiger partial charge in [-0.2, -0.15) is 0 Å². The summed E-state index contributed by atoms with van der Waals surface area (Å²) in [6, 6.07) is 8.04. The molecule has 0 radical (unpaired) electrons. The summed E-state index contributed by atoms with van der Waals surface area (Å²) in [5.74, 6) is 1.72. The van der Waals surface area contributed by atoms with Crippen LogP contribution in [0.15, 0.2) is 30.5 Å². The van der Waals surface area contributed by atoms with E-state index in [9.17, 15) is 0 Å². The predicted molar refractivity (Wildman–Crippen MR) is 101 cm³/mol. The van der Waals surface area contributed by atoms with Crippen molar-refractivity contribution in [1.29, 1.82) is 0 Å². The number of aryl methyl sites for hydroxylation is 2. The molecule has 0 saturated carbocycles. The number of ether oxygens (including phenoxy) is 1. The van der Waals surface area contributed by atoms with Gasteiger partial charge in [-0.25, -0.2) is 9.97 Å². The summed E-state index contributed by atoms with van der Waals surface area (Å²) in [6.45, 7) is 0.727. The third kappa shape index (κ3) is 3.26.